The number of hydrogen-bond donors (Lipinski definition) is 2. The van der Waals surface area contributed by atoms with Crippen molar-refractivity contribution in [3.63, 3.8) is 0 Å². The number of rotatable bonds is 4. The number of carbonyl (C=O) groups is 2. The zero-order chi connectivity index (χ0) is 15.1. The Labute approximate surface area is 122 Å². The third kappa shape index (κ3) is 4.43. The standard InChI is InChI=1S/C16H15N2O3/c19-11-10-12-6-8-14(9-7-12)17-16(21)18-15(20)13-4-2-1-3-5-13/h1-9H,10-11H2,(H2,17,18,20,21). The molecule has 0 bridgehead atoms. The van der Waals surface area contributed by atoms with Crippen molar-refractivity contribution in [2.75, 3.05) is 11.9 Å². The molecule has 21 heavy (non-hydrogen) atoms. The van der Waals surface area contributed by atoms with Gasteiger partial charge in [-0.3, -0.25) is 10.1 Å². The van der Waals surface area contributed by atoms with Crippen LogP contribution in [0.15, 0.2) is 54.6 Å². The van der Waals surface area contributed by atoms with E-state index in [1.165, 1.54) is 0 Å². The van der Waals surface area contributed by atoms with Crippen LogP contribution in [0.25, 0.3) is 0 Å². The van der Waals surface area contributed by atoms with Crippen molar-refractivity contribution in [3.05, 3.63) is 65.7 Å². The van der Waals surface area contributed by atoms with Crippen LogP contribution in [0, 0.1) is 0 Å². The third-order valence-corrected chi connectivity index (χ3v) is 2.87. The quantitative estimate of drug-likeness (QED) is 0.904. The van der Waals surface area contributed by atoms with E-state index < -0.39 is 11.9 Å². The molecule has 0 aliphatic heterocycles. The molecule has 0 aromatic heterocycles. The van der Waals surface area contributed by atoms with E-state index in [0.29, 0.717) is 17.7 Å². The van der Waals surface area contributed by atoms with Crippen LogP contribution in [0.5, 0.6) is 0 Å². The summed E-state index contributed by atoms with van der Waals surface area (Å²) >= 11 is 0. The minimum Gasteiger partial charge on any atom is -0.308 e. The Morgan fingerprint density at radius 2 is 1.57 bits per heavy atom. The summed E-state index contributed by atoms with van der Waals surface area (Å²) in [6, 6.07) is 14.8. The lowest BCUT2D eigenvalue weighted by atomic mass is 10.1. The zero-order valence-electron chi connectivity index (χ0n) is 11.3. The van der Waals surface area contributed by atoms with Gasteiger partial charge in [-0.15, -0.1) is 0 Å². The van der Waals surface area contributed by atoms with E-state index in [4.69, 9.17) is 0 Å². The topological polar surface area (TPSA) is 78.1 Å². The first-order valence-corrected chi connectivity index (χ1v) is 6.53. The van der Waals surface area contributed by atoms with Crippen LogP contribution in [0.1, 0.15) is 15.9 Å². The number of anilines is 1. The van der Waals surface area contributed by atoms with Gasteiger partial charge in [-0.2, -0.15) is 0 Å². The fraction of sp³-hybridized carbons (Fsp3) is 0.125. The smallest absolute Gasteiger partial charge is 0.308 e. The highest BCUT2D eigenvalue weighted by molar-refractivity contribution is 6.07. The third-order valence-electron chi connectivity index (χ3n) is 2.87. The average molecular weight is 283 g/mol. The van der Waals surface area contributed by atoms with Crippen LogP contribution < -0.4 is 10.6 Å². The second-order valence-electron chi connectivity index (χ2n) is 4.43. The molecule has 0 unspecified atom stereocenters. The number of hydrogen-bond acceptors (Lipinski definition) is 2. The predicted molar refractivity (Wildman–Crippen MR) is 78.6 cm³/mol. The molecule has 0 aliphatic carbocycles. The first-order chi connectivity index (χ1) is 10.2. The zero-order valence-corrected chi connectivity index (χ0v) is 11.3. The van der Waals surface area contributed by atoms with Gasteiger partial charge in [0.25, 0.3) is 5.91 Å². The molecular formula is C16H15N2O3. The Morgan fingerprint density at radius 3 is 2.19 bits per heavy atom. The summed E-state index contributed by atoms with van der Waals surface area (Å²) in [7, 11) is 0. The molecule has 0 heterocycles. The molecule has 0 aliphatic rings. The lowest BCUT2D eigenvalue weighted by molar-refractivity contribution is 0.0967. The number of carbonyl (C=O) groups excluding carboxylic acids is 2. The van der Waals surface area contributed by atoms with Crippen molar-refractivity contribution in [3.8, 4) is 0 Å². The van der Waals surface area contributed by atoms with Crippen molar-refractivity contribution in [2.45, 2.75) is 6.42 Å². The Hall–Kier alpha value is -2.66. The summed E-state index contributed by atoms with van der Waals surface area (Å²) < 4.78 is 0. The molecule has 2 aromatic carbocycles. The monoisotopic (exact) mass is 283 g/mol. The summed E-state index contributed by atoms with van der Waals surface area (Å²) in [6.45, 7) is -0.168. The second-order valence-corrected chi connectivity index (χ2v) is 4.43. The van der Waals surface area contributed by atoms with Crippen LogP contribution in [-0.4, -0.2) is 18.5 Å². The van der Waals surface area contributed by atoms with E-state index in [9.17, 15) is 14.7 Å². The van der Waals surface area contributed by atoms with Gasteiger partial charge in [-0.25, -0.2) is 9.90 Å². The molecule has 5 heteroatoms. The predicted octanol–water partition coefficient (Wildman–Crippen LogP) is 2.62. The van der Waals surface area contributed by atoms with Gasteiger partial charge < -0.3 is 5.32 Å². The lowest BCUT2D eigenvalue weighted by Gasteiger charge is -2.07. The largest absolute Gasteiger partial charge is 0.326 e. The van der Waals surface area contributed by atoms with Crippen LogP contribution in [0.4, 0.5) is 10.5 Å². The van der Waals surface area contributed by atoms with Crippen molar-refractivity contribution >= 4 is 17.6 Å². The van der Waals surface area contributed by atoms with Gasteiger partial charge in [0.1, 0.15) is 0 Å². The van der Waals surface area contributed by atoms with Gasteiger partial charge in [0, 0.05) is 11.3 Å². The SMILES string of the molecule is [O]CCc1ccc(NC(=O)NC(=O)c2ccccc2)cc1. The van der Waals surface area contributed by atoms with Gasteiger partial charge in [-0.1, -0.05) is 30.3 Å². The fourth-order valence-electron chi connectivity index (χ4n) is 1.80. The van der Waals surface area contributed by atoms with E-state index >= 15 is 0 Å². The highest BCUT2D eigenvalue weighted by atomic mass is 16.3. The summed E-state index contributed by atoms with van der Waals surface area (Å²) in [6.07, 6.45) is 0.457. The Morgan fingerprint density at radius 1 is 0.905 bits per heavy atom. The van der Waals surface area contributed by atoms with Crippen molar-refractivity contribution in [1.82, 2.24) is 5.32 Å². The highest BCUT2D eigenvalue weighted by Gasteiger charge is 2.09. The van der Waals surface area contributed by atoms with E-state index in [-0.39, 0.29) is 6.61 Å². The van der Waals surface area contributed by atoms with Gasteiger partial charge in [0.05, 0.1) is 6.61 Å². The summed E-state index contributed by atoms with van der Waals surface area (Å²) in [5, 5.41) is 15.3. The first kappa shape index (κ1) is 14.7. The summed E-state index contributed by atoms with van der Waals surface area (Å²) in [5.41, 5.74) is 1.89. The molecule has 5 nitrogen and oxygen atoms in total. The van der Waals surface area contributed by atoms with Gasteiger partial charge >= 0.3 is 6.03 Å². The highest BCUT2D eigenvalue weighted by Crippen LogP contribution is 2.10. The number of nitrogens with one attached hydrogen (secondary N) is 2. The van der Waals surface area contributed by atoms with Gasteiger partial charge in [0.15, 0.2) is 0 Å². The van der Waals surface area contributed by atoms with Crippen LogP contribution in [0.2, 0.25) is 0 Å². The van der Waals surface area contributed by atoms with Crippen LogP contribution in [0.3, 0.4) is 0 Å². The van der Waals surface area contributed by atoms with E-state index in [1.807, 2.05) is 0 Å². The number of benzene rings is 2. The maximum absolute atomic E-state index is 11.8. The van der Waals surface area contributed by atoms with Crippen LogP contribution >= 0.6 is 0 Å². The molecule has 0 spiro atoms. The summed E-state index contributed by atoms with van der Waals surface area (Å²) in [4.78, 5) is 23.5. The molecule has 3 amide bonds. The van der Waals surface area contributed by atoms with Crippen molar-refractivity contribution in [2.24, 2.45) is 0 Å². The van der Waals surface area contributed by atoms with E-state index in [1.54, 1.807) is 54.6 Å². The minimum atomic E-state index is -0.597. The molecule has 2 N–H and O–H groups in total. The molecule has 2 rings (SSSR count). The van der Waals surface area contributed by atoms with Gasteiger partial charge in [0.2, 0.25) is 0 Å². The van der Waals surface area contributed by atoms with E-state index in [0.717, 1.165) is 5.56 Å². The number of urea groups is 1. The molecule has 0 saturated heterocycles. The lowest BCUT2D eigenvalue weighted by Crippen LogP contribution is -2.34. The Kier molecular flexibility index (Phi) is 5.06. The summed E-state index contributed by atoms with van der Waals surface area (Å²) in [5.74, 6) is -0.462. The molecule has 0 saturated carbocycles. The maximum atomic E-state index is 11.8. The fourth-order valence-corrected chi connectivity index (χ4v) is 1.80. The molecule has 1 radical (unpaired) electrons. The Bertz CT molecular complexity index is 609. The average Bonchev–Trinajstić information content (AvgIpc) is 2.50. The Balaban J connectivity index is 1.91. The van der Waals surface area contributed by atoms with Gasteiger partial charge in [-0.05, 0) is 36.2 Å². The number of imide groups is 1. The second kappa shape index (κ2) is 7.21. The van der Waals surface area contributed by atoms with Crippen molar-refractivity contribution in [1.29, 1.82) is 0 Å². The van der Waals surface area contributed by atoms with Crippen LogP contribution in [-0.2, 0) is 11.5 Å². The molecule has 107 valence electrons. The normalized spacial score (nSPS) is 9.95. The minimum absolute atomic E-state index is 0.168. The van der Waals surface area contributed by atoms with E-state index in [2.05, 4.69) is 10.6 Å². The maximum Gasteiger partial charge on any atom is 0.326 e. The number of amides is 3. The molecule has 2 aromatic rings. The molecular weight excluding hydrogens is 268 g/mol. The van der Waals surface area contributed by atoms with Crippen molar-refractivity contribution < 1.29 is 14.7 Å². The molecule has 0 fully saturated rings. The molecule has 0 atom stereocenters. The first-order valence-electron chi connectivity index (χ1n) is 6.53.